The maximum absolute atomic E-state index is 13.1. The summed E-state index contributed by atoms with van der Waals surface area (Å²) in [7, 11) is -3.64. The molecular formula is C26H33N3O4S. The van der Waals surface area contributed by atoms with E-state index in [1.165, 1.54) is 9.87 Å². The third-order valence-corrected chi connectivity index (χ3v) is 8.64. The van der Waals surface area contributed by atoms with Gasteiger partial charge in [-0.15, -0.1) is 0 Å². The first kappa shape index (κ1) is 24.4. The molecule has 0 atom stereocenters. The summed E-state index contributed by atoms with van der Waals surface area (Å²) < 4.78 is 27.7. The van der Waals surface area contributed by atoms with E-state index in [-0.39, 0.29) is 22.6 Å². The van der Waals surface area contributed by atoms with Gasteiger partial charge in [-0.1, -0.05) is 25.5 Å². The van der Waals surface area contributed by atoms with Crippen LogP contribution in [0.15, 0.2) is 53.4 Å². The molecule has 182 valence electrons. The van der Waals surface area contributed by atoms with Crippen LogP contribution in [0.5, 0.6) is 0 Å². The van der Waals surface area contributed by atoms with Crippen LogP contribution in [0, 0.1) is 5.92 Å². The highest BCUT2D eigenvalue weighted by molar-refractivity contribution is 7.89. The number of nitrogens with zero attached hydrogens (tertiary/aromatic N) is 2. The minimum atomic E-state index is -3.64. The maximum Gasteiger partial charge on any atom is 0.243 e. The summed E-state index contributed by atoms with van der Waals surface area (Å²) in [5.41, 5.74) is 2.77. The number of nitrogens with one attached hydrogen (secondary N) is 1. The molecule has 0 aliphatic carbocycles. The monoisotopic (exact) mass is 483 g/mol. The standard InChI is InChI=1S/C26H33N3O4S/c1-2-3-5-20-7-9-22(10-8-20)27-26(31)21-15-18-28(19-16-21)34(32,33)24-13-11-23(12-14-24)29-17-4-6-25(29)30/h7-14,21H,2-6,15-19H2,1H3,(H,27,31). The van der Waals surface area contributed by atoms with Crippen LogP contribution in [-0.4, -0.2) is 44.2 Å². The zero-order valence-corrected chi connectivity index (χ0v) is 20.5. The number of hydrogen-bond acceptors (Lipinski definition) is 4. The van der Waals surface area contributed by atoms with Crippen molar-refractivity contribution < 1.29 is 18.0 Å². The average Bonchev–Trinajstić information content (AvgIpc) is 3.29. The molecule has 4 rings (SSSR count). The number of piperidine rings is 1. The van der Waals surface area contributed by atoms with Crippen molar-refractivity contribution in [3.05, 3.63) is 54.1 Å². The van der Waals surface area contributed by atoms with Gasteiger partial charge in [-0.05, 0) is 74.1 Å². The smallest absolute Gasteiger partial charge is 0.243 e. The Morgan fingerprint density at radius 3 is 2.26 bits per heavy atom. The van der Waals surface area contributed by atoms with E-state index in [0.29, 0.717) is 38.9 Å². The van der Waals surface area contributed by atoms with Crippen LogP contribution in [0.3, 0.4) is 0 Å². The van der Waals surface area contributed by atoms with Crippen molar-refractivity contribution in [1.29, 1.82) is 0 Å². The Labute approximate surface area is 202 Å². The first-order valence-electron chi connectivity index (χ1n) is 12.2. The summed E-state index contributed by atoms with van der Waals surface area (Å²) in [4.78, 5) is 26.6. The summed E-state index contributed by atoms with van der Waals surface area (Å²) in [6.45, 7) is 3.45. The van der Waals surface area contributed by atoms with Gasteiger partial charge in [0.1, 0.15) is 0 Å². The van der Waals surface area contributed by atoms with Gasteiger partial charge in [-0.25, -0.2) is 8.42 Å². The van der Waals surface area contributed by atoms with Crippen molar-refractivity contribution in [2.24, 2.45) is 5.92 Å². The lowest BCUT2D eigenvalue weighted by Gasteiger charge is -2.30. The van der Waals surface area contributed by atoms with Gasteiger partial charge in [-0.3, -0.25) is 9.59 Å². The number of anilines is 2. The number of benzene rings is 2. The minimum Gasteiger partial charge on any atom is -0.326 e. The van der Waals surface area contributed by atoms with Crippen molar-refractivity contribution >= 4 is 33.2 Å². The molecule has 34 heavy (non-hydrogen) atoms. The molecule has 2 saturated heterocycles. The second-order valence-corrected chi connectivity index (χ2v) is 11.0. The van der Waals surface area contributed by atoms with Crippen LogP contribution in [0.2, 0.25) is 0 Å². The quantitative estimate of drug-likeness (QED) is 0.610. The Hall–Kier alpha value is -2.71. The van der Waals surface area contributed by atoms with Crippen LogP contribution >= 0.6 is 0 Å². The summed E-state index contributed by atoms with van der Waals surface area (Å²) in [6.07, 6.45) is 5.67. The summed E-state index contributed by atoms with van der Waals surface area (Å²) in [5.74, 6) is -0.198. The summed E-state index contributed by atoms with van der Waals surface area (Å²) >= 11 is 0. The number of aryl methyl sites for hydroxylation is 1. The molecule has 0 saturated carbocycles. The van der Waals surface area contributed by atoms with Gasteiger partial charge in [-0.2, -0.15) is 4.31 Å². The Bertz CT molecular complexity index is 1110. The largest absolute Gasteiger partial charge is 0.326 e. The lowest BCUT2D eigenvalue weighted by molar-refractivity contribution is -0.121. The van der Waals surface area contributed by atoms with Gasteiger partial charge in [0, 0.05) is 43.3 Å². The highest BCUT2D eigenvalue weighted by atomic mass is 32.2. The third-order valence-electron chi connectivity index (χ3n) is 6.72. The van der Waals surface area contributed by atoms with E-state index in [4.69, 9.17) is 0 Å². The average molecular weight is 484 g/mol. The number of carbonyl (C=O) groups is 2. The molecule has 0 spiro atoms. The van der Waals surface area contributed by atoms with Crippen LogP contribution in [-0.2, 0) is 26.0 Å². The molecule has 1 N–H and O–H groups in total. The van der Waals surface area contributed by atoms with Crippen molar-refractivity contribution in [3.8, 4) is 0 Å². The molecule has 2 fully saturated rings. The molecule has 2 amide bonds. The fourth-order valence-corrected chi connectivity index (χ4v) is 6.08. The Morgan fingerprint density at radius 1 is 1.00 bits per heavy atom. The SMILES string of the molecule is CCCCc1ccc(NC(=O)C2CCN(S(=O)(=O)c3ccc(N4CCCC4=O)cc3)CC2)cc1. The van der Waals surface area contributed by atoms with Crippen molar-refractivity contribution in [2.45, 2.75) is 56.8 Å². The van der Waals surface area contributed by atoms with Gasteiger partial charge < -0.3 is 10.2 Å². The number of rotatable bonds is 8. The predicted octanol–water partition coefficient (Wildman–Crippen LogP) is 4.20. The molecule has 8 heteroatoms. The first-order chi connectivity index (χ1) is 16.4. The Balaban J connectivity index is 1.31. The van der Waals surface area contributed by atoms with E-state index in [1.807, 2.05) is 24.3 Å². The molecule has 2 heterocycles. The number of carbonyl (C=O) groups excluding carboxylic acids is 2. The van der Waals surface area contributed by atoms with Gasteiger partial charge in [0.25, 0.3) is 0 Å². The van der Waals surface area contributed by atoms with Crippen LogP contribution in [0.4, 0.5) is 11.4 Å². The molecule has 0 bridgehead atoms. The molecule has 2 aromatic rings. The Morgan fingerprint density at radius 2 is 1.68 bits per heavy atom. The maximum atomic E-state index is 13.1. The van der Waals surface area contributed by atoms with Gasteiger partial charge >= 0.3 is 0 Å². The number of hydrogen-bond donors (Lipinski definition) is 1. The van der Waals surface area contributed by atoms with Crippen LogP contribution in [0.1, 0.15) is 51.0 Å². The third kappa shape index (κ3) is 5.50. The zero-order chi connectivity index (χ0) is 24.1. The topological polar surface area (TPSA) is 86.8 Å². The minimum absolute atomic E-state index is 0.0574. The van der Waals surface area contributed by atoms with Gasteiger partial charge in [0.2, 0.25) is 21.8 Å². The fraction of sp³-hybridized carbons (Fsp3) is 0.462. The molecule has 0 unspecified atom stereocenters. The van der Waals surface area contributed by atoms with E-state index in [2.05, 4.69) is 12.2 Å². The lowest BCUT2D eigenvalue weighted by atomic mass is 9.97. The Kier molecular flexibility index (Phi) is 7.68. The lowest BCUT2D eigenvalue weighted by Crippen LogP contribution is -2.41. The summed E-state index contributed by atoms with van der Waals surface area (Å²) in [5, 5.41) is 2.98. The molecule has 2 aliphatic heterocycles. The fourth-order valence-electron chi connectivity index (χ4n) is 4.61. The highest BCUT2D eigenvalue weighted by Gasteiger charge is 2.32. The second-order valence-electron chi connectivity index (χ2n) is 9.11. The van der Waals surface area contributed by atoms with Crippen molar-refractivity contribution in [3.63, 3.8) is 0 Å². The molecule has 0 radical (unpaired) electrons. The van der Waals surface area contributed by atoms with Crippen molar-refractivity contribution in [2.75, 3.05) is 29.9 Å². The number of amides is 2. The molecular weight excluding hydrogens is 450 g/mol. The van der Waals surface area contributed by atoms with E-state index in [9.17, 15) is 18.0 Å². The van der Waals surface area contributed by atoms with Crippen molar-refractivity contribution in [1.82, 2.24) is 4.31 Å². The zero-order valence-electron chi connectivity index (χ0n) is 19.7. The highest BCUT2D eigenvalue weighted by Crippen LogP contribution is 2.27. The summed E-state index contributed by atoms with van der Waals surface area (Å²) in [6, 6.07) is 14.5. The van der Waals surface area contributed by atoms with E-state index in [0.717, 1.165) is 37.1 Å². The predicted molar refractivity (Wildman–Crippen MR) is 133 cm³/mol. The van der Waals surface area contributed by atoms with E-state index >= 15 is 0 Å². The number of sulfonamides is 1. The second kappa shape index (κ2) is 10.7. The number of unbranched alkanes of at least 4 members (excludes halogenated alkanes) is 1. The normalized spacial score (nSPS) is 17.8. The molecule has 2 aromatic carbocycles. The van der Waals surface area contributed by atoms with Gasteiger partial charge in [0.15, 0.2) is 0 Å². The van der Waals surface area contributed by atoms with E-state index < -0.39 is 10.0 Å². The van der Waals surface area contributed by atoms with Crippen LogP contribution in [0.25, 0.3) is 0 Å². The molecule has 2 aliphatic rings. The van der Waals surface area contributed by atoms with Crippen LogP contribution < -0.4 is 10.2 Å². The molecule has 0 aromatic heterocycles. The van der Waals surface area contributed by atoms with Gasteiger partial charge in [0.05, 0.1) is 4.90 Å². The van der Waals surface area contributed by atoms with E-state index in [1.54, 1.807) is 29.2 Å². The molecule has 7 nitrogen and oxygen atoms in total. The first-order valence-corrected chi connectivity index (χ1v) is 13.6.